The Balaban J connectivity index is 1.94. The van der Waals surface area contributed by atoms with Gasteiger partial charge in [-0.25, -0.2) is 4.79 Å². The van der Waals surface area contributed by atoms with Gasteiger partial charge in [0, 0.05) is 27.7 Å². The Bertz CT molecular complexity index is 840. The monoisotopic (exact) mass is 301 g/mol. The van der Waals surface area contributed by atoms with Crippen LogP contribution in [0.5, 0.6) is 5.75 Å². The van der Waals surface area contributed by atoms with Gasteiger partial charge in [-0.05, 0) is 42.5 Å². The van der Waals surface area contributed by atoms with E-state index in [-0.39, 0.29) is 6.61 Å². The van der Waals surface area contributed by atoms with Crippen molar-refractivity contribution < 1.29 is 9.15 Å². The third kappa shape index (κ3) is 3.01. The maximum absolute atomic E-state index is 11.6. The molecule has 0 radical (unpaired) electrons. The minimum absolute atomic E-state index is 0.242. The summed E-state index contributed by atoms with van der Waals surface area (Å²) in [5, 5.41) is 1.34. The average Bonchev–Trinajstić information content (AvgIpc) is 2.47. The molecule has 0 aliphatic carbocycles. The fraction of sp³-hybridized carbons (Fsp3) is 0.0625. The molecule has 0 fully saturated rings. The first-order chi connectivity index (χ1) is 10.1. The van der Waals surface area contributed by atoms with Gasteiger partial charge in [0.1, 0.15) is 17.9 Å². The highest BCUT2D eigenvalue weighted by Gasteiger charge is 2.07. The molecule has 4 nitrogen and oxygen atoms in total. The van der Waals surface area contributed by atoms with Gasteiger partial charge in [0.2, 0.25) is 0 Å². The van der Waals surface area contributed by atoms with Crippen molar-refractivity contribution in [2.45, 2.75) is 6.61 Å². The van der Waals surface area contributed by atoms with Crippen LogP contribution in [-0.4, -0.2) is 0 Å². The molecule has 0 amide bonds. The zero-order valence-corrected chi connectivity index (χ0v) is 11.8. The van der Waals surface area contributed by atoms with Gasteiger partial charge in [0.25, 0.3) is 0 Å². The fourth-order valence-corrected chi connectivity index (χ4v) is 2.22. The minimum atomic E-state index is -0.416. The SMILES string of the molecule is Nc1ccc(OCc2cc(=O)oc3ccc(Cl)cc23)cc1. The molecule has 0 unspecified atom stereocenters. The van der Waals surface area contributed by atoms with Gasteiger partial charge in [-0.15, -0.1) is 0 Å². The highest BCUT2D eigenvalue weighted by Crippen LogP contribution is 2.23. The van der Waals surface area contributed by atoms with E-state index < -0.39 is 5.63 Å². The normalized spacial score (nSPS) is 10.7. The van der Waals surface area contributed by atoms with Gasteiger partial charge in [-0.3, -0.25) is 0 Å². The van der Waals surface area contributed by atoms with Crippen LogP contribution in [0.15, 0.2) is 57.7 Å². The number of anilines is 1. The highest BCUT2D eigenvalue weighted by molar-refractivity contribution is 6.31. The Morgan fingerprint density at radius 3 is 2.62 bits per heavy atom. The lowest BCUT2D eigenvalue weighted by Gasteiger charge is -2.08. The van der Waals surface area contributed by atoms with Gasteiger partial charge in [-0.1, -0.05) is 11.6 Å². The molecule has 0 saturated carbocycles. The molecule has 1 heterocycles. The maximum Gasteiger partial charge on any atom is 0.336 e. The summed E-state index contributed by atoms with van der Waals surface area (Å²) in [5.41, 5.74) is 7.08. The highest BCUT2D eigenvalue weighted by atomic mass is 35.5. The molecule has 3 rings (SSSR count). The minimum Gasteiger partial charge on any atom is -0.489 e. The van der Waals surface area contributed by atoms with Crippen molar-refractivity contribution in [2.24, 2.45) is 0 Å². The number of nitrogens with two attached hydrogens (primary N) is 1. The van der Waals surface area contributed by atoms with Crippen LogP contribution in [0, 0.1) is 0 Å². The predicted octanol–water partition coefficient (Wildman–Crippen LogP) is 3.61. The largest absolute Gasteiger partial charge is 0.489 e. The Morgan fingerprint density at radius 2 is 1.86 bits per heavy atom. The van der Waals surface area contributed by atoms with Gasteiger partial charge in [0.05, 0.1) is 0 Å². The van der Waals surface area contributed by atoms with Crippen LogP contribution in [0.2, 0.25) is 5.02 Å². The molecule has 106 valence electrons. The molecule has 2 N–H and O–H groups in total. The van der Waals surface area contributed by atoms with E-state index >= 15 is 0 Å². The fourth-order valence-electron chi connectivity index (χ4n) is 2.04. The number of fused-ring (bicyclic) bond motifs is 1. The lowest BCUT2D eigenvalue weighted by molar-refractivity contribution is 0.306. The molecule has 2 aromatic carbocycles. The predicted molar refractivity (Wildman–Crippen MR) is 82.7 cm³/mol. The van der Waals surface area contributed by atoms with E-state index in [4.69, 9.17) is 26.5 Å². The third-order valence-corrected chi connectivity index (χ3v) is 3.30. The summed E-state index contributed by atoms with van der Waals surface area (Å²) in [4.78, 5) is 11.6. The van der Waals surface area contributed by atoms with Crippen LogP contribution in [0.1, 0.15) is 5.56 Å². The lowest BCUT2D eigenvalue weighted by Crippen LogP contribution is -2.04. The standard InChI is InChI=1S/C16H12ClNO3/c17-11-1-6-15-14(8-11)10(7-16(19)21-15)9-20-13-4-2-12(18)3-5-13/h1-8H,9,18H2. The van der Waals surface area contributed by atoms with Gasteiger partial charge < -0.3 is 14.9 Å². The van der Waals surface area contributed by atoms with Crippen molar-refractivity contribution in [2.75, 3.05) is 5.73 Å². The van der Waals surface area contributed by atoms with Crippen LogP contribution in [0.4, 0.5) is 5.69 Å². The summed E-state index contributed by atoms with van der Waals surface area (Å²) in [6.45, 7) is 0.242. The first-order valence-corrected chi connectivity index (χ1v) is 6.70. The number of rotatable bonds is 3. The van der Waals surface area contributed by atoms with Crippen LogP contribution in [0.25, 0.3) is 11.0 Å². The van der Waals surface area contributed by atoms with Gasteiger partial charge in [-0.2, -0.15) is 0 Å². The molecule has 3 aromatic rings. The summed E-state index contributed by atoms with van der Waals surface area (Å²) in [5.74, 6) is 0.674. The number of halogens is 1. The molecular formula is C16H12ClNO3. The van der Waals surface area contributed by atoms with Crippen molar-refractivity contribution in [1.29, 1.82) is 0 Å². The Kier molecular flexibility index (Phi) is 3.54. The molecule has 0 atom stereocenters. The van der Waals surface area contributed by atoms with Gasteiger partial charge >= 0.3 is 5.63 Å². The molecule has 0 aliphatic heterocycles. The first-order valence-electron chi connectivity index (χ1n) is 6.32. The van der Waals surface area contributed by atoms with E-state index in [9.17, 15) is 4.79 Å². The zero-order valence-electron chi connectivity index (χ0n) is 11.0. The number of hydrogen-bond acceptors (Lipinski definition) is 4. The molecule has 0 aliphatic rings. The van der Waals surface area contributed by atoms with Gasteiger partial charge in [0.15, 0.2) is 0 Å². The smallest absolute Gasteiger partial charge is 0.336 e. The molecular weight excluding hydrogens is 290 g/mol. The summed E-state index contributed by atoms with van der Waals surface area (Å²) in [6.07, 6.45) is 0. The second kappa shape index (κ2) is 5.50. The Morgan fingerprint density at radius 1 is 1.10 bits per heavy atom. The summed E-state index contributed by atoms with van der Waals surface area (Å²) in [6, 6.07) is 13.6. The zero-order chi connectivity index (χ0) is 14.8. The molecule has 1 aromatic heterocycles. The van der Waals surface area contributed by atoms with Crippen molar-refractivity contribution in [3.8, 4) is 5.75 Å². The van der Waals surface area contributed by atoms with Crippen molar-refractivity contribution in [1.82, 2.24) is 0 Å². The molecule has 0 spiro atoms. The number of benzene rings is 2. The van der Waals surface area contributed by atoms with E-state index in [0.29, 0.717) is 22.0 Å². The van der Waals surface area contributed by atoms with E-state index in [1.54, 1.807) is 42.5 Å². The van der Waals surface area contributed by atoms with Crippen molar-refractivity contribution >= 4 is 28.3 Å². The molecule has 0 bridgehead atoms. The van der Waals surface area contributed by atoms with E-state index in [0.717, 1.165) is 10.9 Å². The van der Waals surface area contributed by atoms with Crippen LogP contribution < -0.4 is 16.1 Å². The van der Waals surface area contributed by atoms with Crippen molar-refractivity contribution in [3.63, 3.8) is 0 Å². The average molecular weight is 302 g/mol. The van der Waals surface area contributed by atoms with E-state index in [2.05, 4.69) is 0 Å². The quantitative estimate of drug-likeness (QED) is 0.593. The van der Waals surface area contributed by atoms with Crippen LogP contribution >= 0.6 is 11.6 Å². The number of nitrogen functional groups attached to an aromatic ring is 1. The number of hydrogen-bond donors (Lipinski definition) is 1. The summed E-state index contributed by atoms with van der Waals surface area (Å²) < 4.78 is 10.8. The topological polar surface area (TPSA) is 65.5 Å². The molecule has 5 heteroatoms. The Labute approximate surface area is 125 Å². The van der Waals surface area contributed by atoms with E-state index in [1.165, 1.54) is 6.07 Å². The number of ether oxygens (including phenoxy) is 1. The molecule has 0 saturated heterocycles. The van der Waals surface area contributed by atoms with Crippen molar-refractivity contribution in [3.05, 3.63) is 69.5 Å². The Hall–Kier alpha value is -2.46. The van der Waals surface area contributed by atoms with Crippen LogP contribution in [-0.2, 0) is 6.61 Å². The summed E-state index contributed by atoms with van der Waals surface area (Å²) in [7, 11) is 0. The first kappa shape index (κ1) is 13.5. The lowest BCUT2D eigenvalue weighted by atomic mass is 10.1. The van der Waals surface area contributed by atoms with Crippen LogP contribution in [0.3, 0.4) is 0 Å². The maximum atomic E-state index is 11.6. The second-order valence-electron chi connectivity index (χ2n) is 4.59. The summed E-state index contributed by atoms with van der Waals surface area (Å²) >= 11 is 5.99. The third-order valence-electron chi connectivity index (χ3n) is 3.06. The second-order valence-corrected chi connectivity index (χ2v) is 5.03. The molecule has 21 heavy (non-hydrogen) atoms. The van der Waals surface area contributed by atoms with E-state index in [1.807, 2.05) is 0 Å².